The first-order valence-electron chi connectivity index (χ1n) is 16.1. The van der Waals surface area contributed by atoms with Crippen LogP contribution in [0.5, 0.6) is 0 Å². The maximum Gasteiger partial charge on any atom is 0.130 e. The Bertz CT molecular complexity index is 2480. The Morgan fingerprint density at radius 2 is 1.17 bits per heavy atom. The summed E-state index contributed by atoms with van der Waals surface area (Å²) in [6, 6.07) is 44.1. The third-order valence-electron chi connectivity index (χ3n) is 10.9. The highest BCUT2D eigenvalue weighted by Gasteiger charge is 2.39. The van der Waals surface area contributed by atoms with Crippen molar-refractivity contribution in [3.63, 3.8) is 0 Å². The van der Waals surface area contributed by atoms with Crippen molar-refractivity contribution in [1.29, 1.82) is 10.5 Å². The van der Waals surface area contributed by atoms with Crippen molar-refractivity contribution < 1.29 is 0 Å². The number of fused-ring (bicyclic) bond motifs is 8. The van der Waals surface area contributed by atoms with E-state index in [1.807, 2.05) is 12.1 Å². The minimum atomic E-state index is -0.139. The Morgan fingerprint density at radius 3 is 1.87 bits per heavy atom. The fourth-order valence-electron chi connectivity index (χ4n) is 8.57. The normalized spacial score (nSPS) is 15.1. The predicted molar refractivity (Wildman–Crippen MR) is 192 cm³/mol. The van der Waals surface area contributed by atoms with Crippen LogP contribution in [-0.4, -0.2) is 0 Å². The molecule has 0 saturated heterocycles. The fraction of sp³-hybridized carbons (Fsp3) is 0.136. The van der Waals surface area contributed by atoms with Gasteiger partial charge in [0, 0.05) is 27.5 Å². The van der Waals surface area contributed by atoms with Crippen LogP contribution in [0.3, 0.4) is 0 Å². The third-order valence-corrected chi connectivity index (χ3v) is 10.9. The summed E-state index contributed by atoms with van der Waals surface area (Å²) in [5.41, 5.74) is 17.0. The van der Waals surface area contributed by atoms with E-state index in [1.54, 1.807) is 6.08 Å². The number of rotatable bonds is 2. The first-order valence-corrected chi connectivity index (χ1v) is 16.1. The molecule has 47 heavy (non-hydrogen) atoms. The molecule has 3 nitrogen and oxygen atoms in total. The van der Waals surface area contributed by atoms with E-state index in [-0.39, 0.29) is 16.4 Å². The van der Waals surface area contributed by atoms with Gasteiger partial charge in [-0.3, -0.25) is 0 Å². The summed E-state index contributed by atoms with van der Waals surface area (Å²) >= 11 is 0. The maximum absolute atomic E-state index is 9.59. The Morgan fingerprint density at radius 1 is 0.553 bits per heavy atom. The molecular formula is C44H31N3. The molecule has 9 rings (SSSR count). The van der Waals surface area contributed by atoms with Gasteiger partial charge >= 0.3 is 0 Å². The smallest absolute Gasteiger partial charge is 0.130 e. The van der Waals surface area contributed by atoms with Crippen LogP contribution in [0.25, 0.3) is 50.2 Å². The lowest BCUT2D eigenvalue weighted by atomic mass is 9.80. The maximum atomic E-state index is 9.59. The van der Waals surface area contributed by atoms with Crippen molar-refractivity contribution in [3.8, 4) is 45.5 Å². The number of nitrogens with zero attached hydrogens (tertiary/aromatic N) is 3. The Balaban J connectivity index is 1.36. The minimum Gasteiger partial charge on any atom is -0.309 e. The standard InChI is InChI=1S/C44H31N3/c1-43(2)36-14-7-5-10-30(36)32-18-17-28(21-38(32)43)47-40-19-16-27(20-26(24-45)25-46)29-12-9-13-33(42(29)40)35-22-34-31-11-6-8-15-37(31)44(3,4)39(34)23-41(35)47/h5-23H,1-4H3. The highest BCUT2D eigenvalue weighted by Crippen LogP contribution is 2.58. The zero-order valence-corrected chi connectivity index (χ0v) is 26.8. The molecule has 222 valence electrons. The summed E-state index contributed by atoms with van der Waals surface area (Å²) in [4.78, 5) is 2.44. The number of allylic oxidation sites excluding steroid dienone is 1. The van der Waals surface area contributed by atoms with Crippen LogP contribution in [0.2, 0.25) is 0 Å². The van der Waals surface area contributed by atoms with E-state index in [9.17, 15) is 10.5 Å². The van der Waals surface area contributed by atoms with Gasteiger partial charge in [0.2, 0.25) is 0 Å². The Hall–Kier alpha value is -5.90. The zero-order chi connectivity index (χ0) is 32.2. The van der Waals surface area contributed by atoms with Gasteiger partial charge in [0.25, 0.3) is 0 Å². The molecule has 1 aliphatic heterocycles. The first-order chi connectivity index (χ1) is 22.7. The molecule has 0 aromatic heterocycles. The molecular weight excluding hydrogens is 571 g/mol. The molecule has 6 aromatic carbocycles. The summed E-state index contributed by atoms with van der Waals surface area (Å²) in [5.74, 6) is 0. The van der Waals surface area contributed by atoms with E-state index in [2.05, 4.69) is 142 Å². The van der Waals surface area contributed by atoms with Crippen LogP contribution in [0.15, 0.2) is 115 Å². The summed E-state index contributed by atoms with van der Waals surface area (Å²) in [6.45, 7) is 9.33. The van der Waals surface area contributed by atoms with Gasteiger partial charge in [0.05, 0.1) is 11.4 Å². The molecule has 0 radical (unpaired) electrons. The van der Waals surface area contributed by atoms with Gasteiger partial charge in [0.15, 0.2) is 0 Å². The topological polar surface area (TPSA) is 50.8 Å². The fourth-order valence-corrected chi connectivity index (χ4v) is 8.57. The van der Waals surface area contributed by atoms with Gasteiger partial charge in [-0.1, -0.05) is 107 Å². The molecule has 0 bridgehead atoms. The molecule has 0 amide bonds. The summed E-state index contributed by atoms with van der Waals surface area (Å²) < 4.78 is 0. The van der Waals surface area contributed by atoms with E-state index < -0.39 is 0 Å². The number of nitriles is 2. The summed E-state index contributed by atoms with van der Waals surface area (Å²) in [6.07, 6.45) is 1.71. The van der Waals surface area contributed by atoms with Gasteiger partial charge in [-0.15, -0.1) is 0 Å². The summed E-state index contributed by atoms with van der Waals surface area (Å²) in [7, 11) is 0. The van der Waals surface area contributed by atoms with Crippen molar-refractivity contribution in [1.82, 2.24) is 0 Å². The van der Waals surface area contributed by atoms with Crippen molar-refractivity contribution in [2.24, 2.45) is 0 Å². The second kappa shape index (κ2) is 9.32. The van der Waals surface area contributed by atoms with Gasteiger partial charge in [-0.05, 0) is 97.4 Å². The monoisotopic (exact) mass is 601 g/mol. The Labute approximate surface area is 275 Å². The van der Waals surface area contributed by atoms with E-state index in [4.69, 9.17) is 0 Å². The third kappa shape index (κ3) is 3.55. The first kappa shape index (κ1) is 27.4. The highest BCUT2D eigenvalue weighted by molar-refractivity contribution is 6.16. The van der Waals surface area contributed by atoms with Crippen LogP contribution >= 0.6 is 0 Å². The number of hydrogen-bond donors (Lipinski definition) is 0. The average molecular weight is 602 g/mol. The molecule has 6 aromatic rings. The van der Waals surface area contributed by atoms with Gasteiger partial charge in [-0.2, -0.15) is 10.5 Å². The van der Waals surface area contributed by atoms with Gasteiger partial charge in [0.1, 0.15) is 17.7 Å². The van der Waals surface area contributed by atoms with Crippen LogP contribution in [0.1, 0.15) is 55.5 Å². The van der Waals surface area contributed by atoms with Crippen molar-refractivity contribution in [2.75, 3.05) is 4.90 Å². The molecule has 0 unspecified atom stereocenters. The molecule has 3 heteroatoms. The second-order valence-electron chi connectivity index (χ2n) is 14.0. The van der Waals surface area contributed by atoms with E-state index >= 15 is 0 Å². The SMILES string of the molecule is CC1(C)c2ccccc2-c2ccc(N3c4cc5c(cc4-c4cccc6c(C=C(C#N)C#N)ccc3c46)-c3ccccc3C5(C)C)cc21. The number of anilines is 3. The Kier molecular flexibility index (Phi) is 5.44. The van der Waals surface area contributed by atoms with Gasteiger partial charge in [-0.25, -0.2) is 0 Å². The molecule has 0 N–H and O–H groups in total. The molecule has 0 fully saturated rings. The van der Waals surface area contributed by atoms with E-state index in [0.717, 1.165) is 39.0 Å². The van der Waals surface area contributed by atoms with Crippen molar-refractivity contribution >= 4 is 33.9 Å². The van der Waals surface area contributed by atoms with Crippen molar-refractivity contribution in [3.05, 3.63) is 143 Å². The quantitative estimate of drug-likeness (QED) is 0.185. The highest BCUT2D eigenvalue weighted by atomic mass is 15.2. The molecule has 3 aliphatic rings. The van der Waals surface area contributed by atoms with Crippen LogP contribution in [-0.2, 0) is 10.8 Å². The van der Waals surface area contributed by atoms with Gasteiger partial charge < -0.3 is 4.90 Å². The number of benzene rings is 6. The van der Waals surface area contributed by atoms with Crippen LogP contribution in [0, 0.1) is 22.7 Å². The zero-order valence-electron chi connectivity index (χ0n) is 26.8. The average Bonchev–Trinajstić information content (AvgIpc) is 3.46. The molecule has 0 saturated carbocycles. The van der Waals surface area contributed by atoms with E-state index in [0.29, 0.717) is 0 Å². The second-order valence-corrected chi connectivity index (χ2v) is 14.0. The molecule has 0 spiro atoms. The van der Waals surface area contributed by atoms with Crippen molar-refractivity contribution in [2.45, 2.75) is 38.5 Å². The predicted octanol–water partition coefficient (Wildman–Crippen LogP) is 11.3. The minimum absolute atomic E-state index is 0.0934. The largest absolute Gasteiger partial charge is 0.309 e. The number of hydrogen-bond acceptors (Lipinski definition) is 3. The lowest BCUT2D eigenvalue weighted by Gasteiger charge is -2.36. The van der Waals surface area contributed by atoms with Crippen LogP contribution in [0.4, 0.5) is 17.1 Å². The van der Waals surface area contributed by atoms with E-state index in [1.165, 1.54) is 50.1 Å². The molecule has 2 aliphatic carbocycles. The summed E-state index contributed by atoms with van der Waals surface area (Å²) in [5, 5.41) is 21.3. The molecule has 1 heterocycles. The lowest BCUT2D eigenvalue weighted by Crippen LogP contribution is -2.20. The van der Waals surface area contributed by atoms with Crippen LogP contribution < -0.4 is 4.90 Å². The lowest BCUT2D eigenvalue weighted by molar-refractivity contribution is 0.660. The molecule has 0 atom stereocenters.